The Hall–Kier alpha value is -0.590. The number of carbonyl (C=O) groups excluding carboxylic acids is 1. The molecule has 0 amide bonds. The van der Waals surface area contributed by atoms with Crippen LogP contribution in [0, 0.1) is 11.3 Å². The van der Waals surface area contributed by atoms with Gasteiger partial charge in [0, 0.05) is 6.42 Å². The van der Waals surface area contributed by atoms with Crippen molar-refractivity contribution in [3.63, 3.8) is 0 Å². The van der Waals surface area contributed by atoms with Gasteiger partial charge >= 0.3 is 0 Å². The zero-order valence-corrected chi connectivity index (χ0v) is 7.34. The average Bonchev–Trinajstić information content (AvgIpc) is 1.85. The van der Waals surface area contributed by atoms with Gasteiger partial charge < -0.3 is 4.79 Å². The molecule has 0 unspecified atom stereocenters. The zero-order valence-electron chi connectivity index (χ0n) is 7.34. The van der Waals surface area contributed by atoms with Gasteiger partial charge in [0.1, 0.15) is 6.29 Å². The van der Waals surface area contributed by atoms with E-state index >= 15 is 0 Å². The van der Waals surface area contributed by atoms with E-state index in [1.54, 1.807) is 0 Å². The Balaban J connectivity index is 2.52. The van der Waals surface area contributed by atoms with Crippen molar-refractivity contribution < 1.29 is 4.79 Å². The highest BCUT2D eigenvalue weighted by Crippen LogP contribution is 2.35. The largest absolute Gasteiger partial charge is 0.303 e. The van der Waals surface area contributed by atoms with Crippen LogP contribution in [0.4, 0.5) is 0 Å². The van der Waals surface area contributed by atoms with Gasteiger partial charge in [0.15, 0.2) is 0 Å². The Morgan fingerprint density at radius 2 is 2.36 bits per heavy atom. The second-order valence-corrected chi connectivity index (χ2v) is 4.16. The van der Waals surface area contributed by atoms with Crippen molar-refractivity contribution in [1.82, 2.24) is 0 Å². The van der Waals surface area contributed by atoms with Crippen LogP contribution in [0.2, 0.25) is 0 Å². The first-order valence-electron chi connectivity index (χ1n) is 4.24. The van der Waals surface area contributed by atoms with Crippen molar-refractivity contribution in [2.24, 2.45) is 11.3 Å². The van der Waals surface area contributed by atoms with E-state index in [9.17, 15) is 4.79 Å². The fourth-order valence-electron chi connectivity index (χ4n) is 1.73. The van der Waals surface area contributed by atoms with Crippen molar-refractivity contribution in [3.8, 4) is 0 Å². The van der Waals surface area contributed by atoms with Crippen LogP contribution >= 0.6 is 0 Å². The zero-order chi connectivity index (χ0) is 8.32. The highest BCUT2D eigenvalue weighted by Gasteiger charge is 2.23. The van der Waals surface area contributed by atoms with Crippen LogP contribution in [0.5, 0.6) is 0 Å². The minimum Gasteiger partial charge on any atom is -0.303 e. The summed E-state index contributed by atoms with van der Waals surface area (Å²) in [5.74, 6) is 0.497. The third kappa shape index (κ3) is 2.49. The lowest BCUT2D eigenvalue weighted by Gasteiger charge is -2.30. The molecule has 0 bridgehead atoms. The maximum Gasteiger partial charge on any atom is 0.120 e. The quantitative estimate of drug-likeness (QED) is 0.439. The molecule has 0 aliphatic heterocycles. The molecule has 0 aromatic carbocycles. The van der Waals surface area contributed by atoms with Crippen molar-refractivity contribution in [2.75, 3.05) is 0 Å². The van der Waals surface area contributed by atoms with Crippen molar-refractivity contribution in [1.29, 1.82) is 0 Å². The molecule has 0 saturated heterocycles. The Labute approximate surface area is 68.5 Å². The summed E-state index contributed by atoms with van der Waals surface area (Å²) in [6.45, 7) is 4.52. The van der Waals surface area contributed by atoms with Gasteiger partial charge in [-0.1, -0.05) is 26.0 Å². The maximum atomic E-state index is 10.3. The van der Waals surface area contributed by atoms with E-state index in [2.05, 4.69) is 26.0 Å². The first kappa shape index (κ1) is 8.51. The summed E-state index contributed by atoms with van der Waals surface area (Å²) < 4.78 is 0. The summed E-state index contributed by atoms with van der Waals surface area (Å²) >= 11 is 0. The third-order valence-corrected chi connectivity index (χ3v) is 2.29. The molecule has 0 N–H and O–H groups in total. The first-order valence-corrected chi connectivity index (χ1v) is 4.24. The molecule has 1 aliphatic rings. The Morgan fingerprint density at radius 3 is 2.91 bits per heavy atom. The van der Waals surface area contributed by atoms with Crippen LogP contribution in [0.15, 0.2) is 12.2 Å². The lowest BCUT2D eigenvalue weighted by atomic mass is 9.75. The summed E-state index contributed by atoms with van der Waals surface area (Å²) in [5, 5.41) is 0. The highest BCUT2D eigenvalue weighted by molar-refractivity contribution is 5.50. The summed E-state index contributed by atoms with van der Waals surface area (Å²) in [6, 6.07) is 0. The number of hydrogen-bond acceptors (Lipinski definition) is 1. The highest BCUT2D eigenvalue weighted by atomic mass is 16.1. The summed E-state index contributed by atoms with van der Waals surface area (Å²) in [6.07, 6.45) is 8.41. The Bertz CT molecular complexity index is 168. The molecule has 0 aromatic rings. The Kier molecular flexibility index (Phi) is 2.48. The van der Waals surface area contributed by atoms with E-state index in [1.165, 1.54) is 0 Å². The summed E-state index contributed by atoms with van der Waals surface area (Å²) in [7, 11) is 0. The average molecular weight is 152 g/mol. The second-order valence-electron chi connectivity index (χ2n) is 4.16. The van der Waals surface area contributed by atoms with Gasteiger partial charge in [0.2, 0.25) is 0 Å². The minimum absolute atomic E-state index is 0.405. The normalized spacial score (nSPS) is 28.4. The van der Waals surface area contributed by atoms with Gasteiger partial charge in [0.25, 0.3) is 0 Å². The molecule has 1 nitrogen and oxygen atoms in total. The lowest BCUT2D eigenvalue weighted by molar-refractivity contribution is -0.108. The summed E-state index contributed by atoms with van der Waals surface area (Å²) in [5.41, 5.74) is 0.405. The van der Waals surface area contributed by atoms with Gasteiger partial charge in [-0.15, -0.1) is 0 Å². The van der Waals surface area contributed by atoms with E-state index in [-0.39, 0.29) is 0 Å². The predicted octanol–water partition coefficient (Wildman–Crippen LogP) is 2.57. The maximum absolute atomic E-state index is 10.3. The number of carbonyl (C=O) groups is 1. The molecule has 62 valence electrons. The smallest absolute Gasteiger partial charge is 0.120 e. The third-order valence-electron chi connectivity index (χ3n) is 2.29. The second kappa shape index (κ2) is 3.21. The molecule has 1 rings (SSSR count). The van der Waals surface area contributed by atoms with E-state index in [0.29, 0.717) is 17.8 Å². The molecule has 0 spiro atoms. The molecule has 1 atom stereocenters. The summed E-state index contributed by atoms with van der Waals surface area (Å²) in [4.78, 5) is 10.3. The standard InChI is InChI=1S/C10H16O/c1-10(2)6-3-4-9(8-10)5-7-11/h3-4,7,9H,5-6,8H2,1-2H3/t9-/m0/s1. The van der Waals surface area contributed by atoms with E-state index in [1.807, 2.05) is 0 Å². The van der Waals surface area contributed by atoms with Crippen LogP contribution in [0.25, 0.3) is 0 Å². The molecule has 0 aromatic heterocycles. The molecule has 1 heteroatoms. The predicted molar refractivity (Wildman–Crippen MR) is 46.3 cm³/mol. The van der Waals surface area contributed by atoms with Crippen molar-refractivity contribution >= 4 is 6.29 Å². The number of allylic oxidation sites excluding steroid dienone is 2. The minimum atomic E-state index is 0.405. The van der Waals surface area contributed by atoms with Gasteiger partial charge in [-0.25, -0.2) is 0 Å². The molecule has 0 saturated carbocycles. The van der Waals surface area contributed by atoms with E-state index in [0.717, 1.165) is 19.1 Å². The fourth-order valence-corrected chi connectivity index (χ4v) is 1.73. The molecule has 0 heterocycles. The van der Waals surface area contributed by atoms with Gasteiger partial charge in [0.05, 0.1) is 0 Å². The number of aldehydes is 1. The van der Waals surface area contributed by atoms with Crippen molar-refractivity contribution in [2.45, 2.75) is 33.1 Å². The van der Waals surface area contributed by atoms with Crippen LogP contribution in [-0.2, 0) is 4.79 Å². The molecule has 11 heavy (non-hydrogen) atoms. The van der Waals surface area contributed by atoms with Crippen LogP contribution in [-0.4, -0.2) is 6.29 Å². The first-order chi connectivity index (χ1) is 5.14. The topological polar surface area (TPSA) is 17.1 Å². The molecular formula is C10H16O. The number of rotatable bonds is 2. The van der Waals surface area contributed by atoms with Crippen LogP contribution in [0.1, 0.15) is 33.1 Å². The van der Waals surface area contributed by atoms with Crippen LogP contribution in [0.3, 0.4) is 0 Å². The number of hydrogen-bond donors (Lipinski definition) is 0. The van der Waals surface area contributed by atoms with Crippen molar-refractivity contribution in [3.05, 3.63) is 12.2 Å². The monoisotopic (exact) mass is 152 g/mol. The molecule has 0 fully saturated rings. The SMILES string of the molecule is CC1(C)CC=C[C@@H](CC=O)C1. The van der Waals surface area contributed by atoms with Gasteiger partial charge in [-0.05, 0) is 24.2 Å². The molecule has 0 radical (unpaired) electrons. The van der Waals surface area contributed by atoms with Crippen LogP contribution < -0.4 is 0 Å². The fraction of sp³-hybridized carbons (Fsp3) is 0.700. The molecule has 1 aliphatic carbocycles. The lowest BCUT2D eigenvalue weighted by Crippen LogP contribution is -2.19. The van der Waals surface area contributed by atoms with E-state index < -0.39 is 0 Å². The van der Waals surface area contributed by atoms with Gasteiger partial charge in [-0.3, -0.25) is 0 Å². The Morgan fingerprint density at radius 1 is 1.64 bits per heavy atom. The van der Waals surface area contributed by atoms with Gasteiger partial charge in [-0.2, -0.15) is 0 Å². The van der Waals surface area contributed by atoms with E-state index in [4.69, 9.17) is 0 Å². The molecular weight excluding hydrogens is 136 g/mol.